The van der Waals surface area contributed by atoms with Crippen molar-refractivity contribution >= 4 is 29.0 Å². The summed E-state index contributed by atoms with van der Waals surface area (Å²) in [6.07, 6.45) is 0. The highest BCUT2D eigenvalue weighted by Gasteiger charge is 2.17. The third-order valence-corrected chi connectivity index (χ3v) is 1.88. The Hall–Kier alpha value is -1.21. The van der Waals surface area contributed by atoms with Crippen LogP contribution in [0.1, 0.15) is 6.92 Å². The molecule has 3 N–H and O–H groups in total. The van der Waals surface area contributed by atoms with Crippen LogP contribution in [0.2, 0.25) is 0 Å². The van der Waals surface area contributed by atoms with Crippen molar-refractivity contribution in [1.29, 1.82) is 0 Å². The molecule has 0 saturated heterocycles. The van der Waals surface area contributed by atoms with Crippen LogP contribution in [0, 0.1) is 0 Å². The zero-order valence-electron chi connectivity index (χ0n) is 9.49. The minimum absolute atomic E-state index is 0.0270. The van der Waals surface area contributed by atoms with Crippen LogP contribution in [-0.4, -0.2) is 55.1 Å². The van der Waals surface area contributed by atoms with Gasteiger partial charge in [0, 0.05) is 20.2 Å². The number of hydrogen-bond acceptors (Lipinski definition) is 4. The van der Waals surface area contributed by atoms with Gasteiger partial charge in [0.1, 0.15) is 0 Å². The molecule has 0 aromatic rings. The lowest BCUT2D eigenvalue weighted by Gasteiger charge is -2.16. The lowest BCUT2D eigenvalue weighted by molar-refractivity contribution is -0.145. The molecule has 0 heterocycles. The van der Waals surface area contributed by atoms with Crippen LogP contribution in [0.15, 0.2) is 0 Å². The lowest BCUT2D eigenvalue weighted by atomic mass is 10.4. The number of nitrogens with zero attached hydrogens (tertiary/aromatic N) is 1. The third-order valence-electron chi connectivity index (χ3n) is 1.74. The van der Waals surface area contributed by atoms with Gasteiger partial charge in [0.15, 0.2) is 0 Å². The van der Waals surface area contributed by atoms with Crippen LogP contribution in [0.25, 0.3) is 0 Å². The zero-order chi connectivity index (χ0) is 12.6. The highest BCUT2D eigenvalue weighted by molar-refractivity contribution is 7.80. The van der Waals surface area contributed by atoms with Crippen molar-refractivity contribution in [1.82, 2.24) is 10.2 Å². The Labute approximate surface area is 100 Å². The summed E-state index contributed by atoms with van der Waals surface area (Å²) in [5.74, 6) is -1.34. The minimum Gasteiger partial charge on any atom is -0.392 e. The number of carbonyl (C=O) groups excluding carboxylic acids is 2. The van der Waals surface area contributed by atoms with E-state index in [4.69, 9.17) is 10.5 Å². The van der Waals surface area contributed by atoms with Gasteiger partial charge in [0.25, 0.3) is 0 Å². The van der Waals surface area contributed by atoms with E-state index in [2.05, 4.69) is 17.5 Å². The van der Waals surface area contributed by atoms with E-state index in [1.165, 1.54) is 11.9 Å². The number of nitrogens with one attached hydrogen (secondary N) is 1. The second-order valence-corrected chi connectivity index (χ2v) is 3.60. The fourth-order valence-electron chi connectivity index (χ4n) is 0.864. The molecule has 0 radical (unpaired) electrons. The smallest absolute Gasteiger partial charge is 0.311 e. The van der Waals surface area contributed by atoms with Crippen LogP contribution >= 0.6 is 12.2 Å². The van der Waals surface area contributed by atoms with E-state index in [0.717, 1.165) is 0 Å². The van der Waals surface area contributed by atoms with Crippen molar-refractivity contribution in [2.24, 2.45) is 5.73 Å². The number of rotatable bonds is 6. The summed E-state index contributed by atoms with van der Waals surface area (Å²) < 4.78 is 5.07. The number of amides is 2. The quantitative estimate of drug-likeness (QED) is 0.353. The molecule has 16 heavy (non-hydrogen) atoms. The lowest BCUT2D eigenvalue weighted by Crippen LogP contribution is -2.44. The molecule has 7 heteroatoms. The molecular weight excluding hydrogens is 230 g/mol. The van der Waals surface area contributed by atoms with Crippen molar-refractivity contribution < 1.29 is 14.3 Å². The first-order chi connectivity index (χ1) is 7.49. The molecule has 0 bridgehead atoms. The Morgan fingerprint density at radius 1 is 1.50 bits per heavy atom. The summed E-state index contributed by atoms with van der Waals surface area (Å²) in [5.41, 5.74) is 5.19. The molecule has 0 atom stereocenters. The number of nitrogens with two attached hydrogens (primary N) is 1. The van der Waals surface area contributed by atoms with Gasteiger partial charge in [-0.05, 0) is 6.92 Å². The van der Waals surface area contributed by atoms with Gasteiger partial charge in [0.2, 0.25) is 0 Å². The number of thiocarbonyl (C=S) groups is 1. The number of ether oxygens (including phenoxy) is 1. The summed E-state index contributed by atoms with van der Waals surface area (Å²) in [4.78, 5) is 24.1. The Morgan fingerprint density at radius 2 is 2.12 bits per heavy atom. The molecule has 0 aromatic carbocycles. The third kappa shape index (κ3) is 6.31. The molecule has 0 unspecified atom stereocenters. The second-order valence-electron chi connectivity index (χ2n) is 3.07. The fraction of sp³-hybridized carbons (Fsp3) is 0.667. The first-order valence-electron chi connectivity index (χ1n) is 4.88. The molecule has 0 aliphatic heterocycles. The number of carbonyl (C=O) groups is 2. The predicted molar refractivity (Wildman–Crippen MR) is 63.9 cm³/mol. The van der Waals surface area contributed by atoms with Crippen molar-refractivity contribution in [2.45, 2.75) is 6.92 Å². The molecule has 0 fully saturated rings. The van der Waals surface area contributed by atoms with E-state index in [-0.39, 0.29) is 11.5 Å². The van der Waals surface area contributed by atoms with Gasteiger partial charge < -0.3 is 20.7 Å². The summed E-state index contributed by atoms with van der Waals surface area (Å²) in [5, 5.41) is 2.32. The highest BCUT2D eigenvalue weighted by Crippen LogP contribution is 1.86. The number of hydrogen-bond donors (Lipinski definition) is 2. The van der Waals surface area contributed by atoms with E-state index in [9.17, 15) is 9.59 Å². The normalized spacial score (nSPS) is 9.62. The van der Waals surface area contributed by atoms with Gasteiger partial charge in [-0.2, -0.15) is 0 Å². The standard InChI is InChI=1S/C9H17N3O3S/c1-3-15-5-4-12(2)9(14)8(13)11-6-7(10)16/h3-6H2,1-2H3,(H2,10,16)(H,11,13). The van der Waals surface area contributed by atoms with E-state index >= 15 is 0 Å². The maximum atomic E-state index is 11.4. The maximum absolute atomic E-state index is 11.4. The fourth-order valence-corrected chi connectivity index (χ4v) is 0.936. The Balaban J connectivity index is 3.92. The monoisotopic (exact) mass is 247 g/mol. The van der Waals surface area contributed by atoms with Crippen molar-refractivity contribution in [3.05, 3.63) is 0 Å². The van der Waals surface area contributed by atoms with E-state index in [1.807, 2.05) is 6.92 Å². The SMILES string of the molecule is CCOCCN(C)C(=O)C(=O)NCC(N)=S. The van der Waals surface area contributed by atoms with E-state index < -0.39 is 11.8 Å². The summed E-state index contributed by atoms with van der Waals surface area (Å²) >= 11 is 4.57. The first-order valence-corrected chi connectivity index (χ1v) is 5.29. The molecule has 6 nitrogen and oxygen atoms in total. The molecule has 0 aromatic heterocycles. The first kappa shape index (κ1) is 14.8. The highest BCUT2D eigenvalue weighted by atomic mass is 32.1. The van der Waals surface area contributed by atoms with Crippen LogP contribution in [-0.2, 0) is 14.3 Å². The molecule has 0 aliphatic carbocycles. The molecule has 92 valence electrons. The van der Waals surface area contributed by atoms with Crippen molar-refractivity contribution in [2.75, 3.05) is 33.4 Å². The van der Waals surface area contributed by atoms with Crippen LogP contribution in [0.3, 0.4) is 0 Å². The molecule has 0 rings (SSSR count). The van der Waals surface area contributed by atoms with E-state index in [0.29, 0.717) is 19.8 Å². The van der Waals surface area contributed by atoms with E-state index in [1.54, 1.807) is 0 Å². The maximum Gasteiger partial charge on any atom is 0.311 e. The van der Waals surface area contributed by atoms with Crippen LogP contribution in [0.4, 0.5) is 0 Å². The zero-order valence-corrected chi connectivity index (χ0v) is 10.3. The van der Waals surface area contributed by atoms with Gasteiger partial charge in [-0.25, -0.2) is 0 Å². The average Bonchev–Trinajstić information content (AvgIpc) is 2.24. The van der Waals surface area contributed by atoms with Gasteiger partial charge in [0.05, 0.1) is 18.1 Å². The van der Waals surface area contributed by atoms with Gasteiger partial charge in [-0.15, -0.1) is 0 Å². The molecule has 0 aliphatic rings. The molecule has 0 spiro atoms. The van der Waals surface area contributed by atoms with Crippen molar-refractivity contribution in [3.8, 4) is 0 Å². The number of likely N-dealkylation sites (N-methyl/N-ethyl adjacent to an activating group) is 1. The Bertz CT molecular complexity index is 271. The molecule has 2 amide bonds. The van der Waals surface area contributed by atoms with Crippen LogP contribution < -0.4 is 11.1 Å². The van der Waals surface area contributed by atoms with Gasteiger partial charge >= 0.3 is 11.8 Å². The molecule has 0 saturated carbocycles. The second kappa shape index (κ2) is 8.00. The average molecular weight is 247 g/mol. The largest absolute Gasteiger partial charge is 0.392 e. The predicted octanol–water partition coefficient (Wildman–Crippen LogP) is -1.12. The Morgan fingerprint density at radius 3 is 2.62 bits per heavy atom. The summed E-state index contributed by atoms with van der Waals surface area (Å²) in [6, 6.07) is 0. The van der Waals surface area contributed by atoms with Gasteiger partial charge in [-0.3, -0.25) is 9.59 Å². The minimum atomic E-state index is -0.716. The molecular formula is C9H17N3O3S. The summed E-state index contributed by atoms with van der Waals surface area (Å²) in [7, 11) is 1.53. The van der Waals surface area contributed by atoms with Crippen molar-refractivity contribution in [3.63, 3.8) is 0 Å². The summed E-state index contributed by atoms with van der Waals surface area (Å²) in [6.45, 7) is 3.24. The Kier molecular flexibility index (Phi) is 7.40. The van der Waals surface area contributed by atoms with Crippen LogP contribution in [0.5, 0.6) is 0 Å². The van der Waals surface area contributed by atoms with Gasteiger partial charge in [-0.1, -0.05) is 12.2 Å². The topological polar surface area (TPSA) is 84.7 Å².